The Morgan fingerprint density at radius 3 is 1.55 bits per heavy atom. The first-order valence-electron chi connectivity index (χ1n) is 13.9. The summed E-state index contributed by atoms with van der Waals surface area (Å²) in [6, 6.07) is 35.6. The fraction of sp³-hybridized carbons (Fsp3) is 0.0270. The molecule has 0 spiro atoms. The lowest BCUT2D eigenvalue weighted by Crippen LogP contribution is -2.29. The zero-order valence-electron chi connectivity index (χ0n) is 22.4. The van der Waals surface area contributed by atoms with Crippen LogP contribution >= 0.6 is 0 Å². The van der Waals surface area contributed by atoms with Crippen molar-refractivity contribution in [2.75, 3.05) is 4.90 Å². The van der Waals surface area contributed by atoms with E-state index in [1.807, 2.05) is 54.6 Å². The van der Waals surface area contributed by atoms with E-state index in [2.05, 4.69) is 46.4 Å². The average Bonchev–Trinajstić information content (AvgIpc) is 3.53. The molecule has 0 atom stereocenters. The molecule has 0 saturated heterocycles. The molecular weight excluding hydrogens is 518 g/mol. The smallest absolute Gasteiger partial charge is 0.266 e. The number of carbonyl (C=O) groups excluding carboxylic acids is 2. The molecule has 2 aromatic heterocycles. The second-order valence-corrected chi connectivity index (χ2v) is 10.5. The molecule has 4 aromatic carbocycles. The summed E-state index contributed by atoms with van der Waals surface area (Å²) in [4.78, 5) is 37.7. The van der Waals surface area contributed by atoms with Gasteiger partial charge in [-0.2, -0.15) is 0 Å². The van der Waals surface area contributed by atoms with Gasteiger partial charge in [-0.25, -0.2) is 4.90 Å². The number of anilines is 1. The van der Waals surface area contributed by atoms with Gasteiger partial charge in [-0.15, -0.1) is 0 Å². The predicted molar refractivity (Wildman–Crippen MR) is 163 cm³/mol. The standard InChI is InChI=1S/C37H23N3O2/c41-36-31-14-6-13-30(34(31)37(42)40(36)25-7-2-1-3-8-25)35-32-26(23-15-19-38-20-16-23)9-4-11-28(32)29-12-5-10-27(33(29)35)24-17-21-39-22-18-24/h1-22,35H. The lowest BCUT2D eigenvalue weighted by Gasteiger charge is -2.22. The van der Waals surface area contributed by atoms with Crippen molar-refractivity contribution in [3.05, 3.63) is 162 Å². The summed E-state index contributed by atoms with van der Waals surface area (Å²) < 4.78 is 0. The van der Waals surface area contributed by atoms with Crippen molar-refractivity contribution in [2.24, 2.45) is 0 Å². The summed E-state index contributed by atoms with van der Waals surface area (Å²) in [6.45, 7) is 0. The number of aromatic nitrogens is 2. The van der Waals surface area contributed by atoms with Gasteiger partial charge in [0.15, 0.2) is 0 Å². The van der Waals surface area contributed by atoms with Gasteiger partial charge in [-0.05, 0) is 92.5 Å². The first-order valence-corrected chi connectivity index (χ1v) is 13.9. The molecule has 198 valence electrons. The van der Waals surface area contributed by atoms with Crippen molar-refractivity contribution in [1.82, 2.24) is 9.97 Å². The van der Waals surface area contributed by atoms with Gasteiger partial charge in [0.2, 0.25) is 0 Å². The highest BCUT2D eigenvalue weighted by atomic mass is 16.2. The second-order valence-electron chi connectivity index (χ2n) is 10.5. The Morgan fingerprint density at radius 1 is 0.476 bits per heavy atom. The molecule has 0 radical (unpaired) electrons. The number of rotatable bonds is 4. The van der Waals surface area contributed by atoms with Crippen molar-refractivity contribution in [1.29, 1.82) is 0 Å². The minimum atomic E-state index is -0.300. The molecule has 2 aliphatic rings. The molecule has 3 heterocycles. The van der Waals surface area contributed by atoms with Crippen molar-refractivity contribution in [2.45, 2.75) is 5.92 Å². The van der Waals surface area contributed by atoms with Crippen LogP contribution in [0.5, 0.6) is 0 Å². The fourth-order valence-corrected chi connectivity index (χ4v) is 6.61. The molecule has 0 N–H and O–H groups in total. The molecular formula is C37H23N3O2. The molecule has 1 aliphatic carbocycles. The van der Waals surface area contributed by atoms with Crippen molar-refractivity contribution < 1.29 is 9.59 Å². The first-order chi connectivity index (χ1) is 20.7. The van der Waals surface area contributed by atoms with Crippen LogP contribution in [0.15, 0.2) is 134 Å². The van der Waals surface area contributed by atoms with Gasteiger partial charge in [0, 0.05) is 30.7 Å². The van der Waals surface area contributed by atoms with Gasteiger partial charge in [0.1, 0.15) is 0 Å². The third-order valence-electron chi connectivity index (χ3n) is 8.33. The normalized spacial score (nSPS) is 13.7. The topological polar surface area (TPSA) is 63.2 Å². The molecule has 0 fully saturated rings. The summed E-state index contributed by atoms with van der Waals surface area (Å²) in [5.74, 6) is -0.882. The molecule has 0 saturated carbocycles. The lowest BCUT2D eigenvalue weighted by atomic mass is 9.80. The summed E-state index contributed by atoms with van der Waals surface area (Å²) in [6.07, 6.45) is 7.20. The Hall–Kier alpha value is -5.68. The first kappa shape index (κ1) is 24.1. The zero-order chi connectivity index (χ0) is 28.2. The maximum absolute atomic E-state index is 14.2. The Kier molecular flexibility index (Phi) is 5.44. The monoisotopic (exact) mass is 541 g/mol. The average molecular weight is 542 g/mol. The van der Waals surface area contributed by atoms with Gasteiger partial charge in [-0.1, -0.05) is 66.7 Å². The van der Waals surface area contributed by atoms with Crippen LogP contribution in [0.3, 0.4) is 0 Å². The van der Waals surface area contributed by atoms with Crippen LogP contribution in [-0.2, 0) is 0 Å². The van der Waals surface area contributed by atoms with Crippen molar-refractivity contribution in [3.8, 4) is 33.4 Å². The van der Waals surface area contributed by atoms with Crippen LogP contribution in [0.1, 0.15) is 43.3 Å². The van der Waals surface area contributed by atoms with E-state index in [-0.39, 0.29) is 17.7 Å². The van der Waals surface area contributed by atoms with Crippen LogP contribution in [-0.4, -0.2) is 21.8 Å². The third-order valence-corrected chi connectivity index (χ3v) is 8.33. The molecule has 2 amide bonds. The summed E-state index contributed by atoms with van der Waals surface area (Å²) >= 11 is 0. The number of hydrogen-bond acceptors (Lipinski definition) is 4. The minimum absolute atomic E-state index is 0.286. The molecule has 8 rings (SSSR count). The minimum Gasteiger partial charge on any atom is -0.268 e. The Labute approximate surface area is 242 Å². The number of hydrogen-bond donors (Lipinski definition) is 0. The molecule has 0 bridgehead atoms. The zero-order valence-corrected chi connectivity index (χ0v) is 22.4. The SMILES string of the molecule is O=C1c2cccc(C3c4c(-c5ccncc5)cccc4-c4cccc(-c5ccncc5)c43)c2C(=O)N1c1ccccc1. The van der Waals surface area contributed by atoms with Crippen molar-refractivity contribution in [3.63, 3.8) is 0 Å². The van der Waals surface area contributed by atoms with E-state index in [0.717, 1.165) is 50.1 Å². The fourth-order valence-electron chi connectivity index (χ4n) is 6.61. The third kappa shape index (κ3) is 3.50. The Morgan fingerprint density at radius 2 is 0.976 bits per heavy atom. The summed E-state index contributed by atoms with van der Waals surface area (Å²) in [7, 11) is 0. The Balaban J connectivity index is 1.43. The van der Waals surface area contributed by atoms with E-state index in [9.17, 15) is 9.59 Å². The van der Waals surface area contributed by atoms with Gasteiger partial charge >= 0.3 is 0 Å². The van der Waals surface area contributed by atoms with Gasteiger partial charge in [-0.3, -0.25) is 19.6 Å². The molecule has 0 unspecified atom stereocenters. The predicted octanol–water partition coefficient (Wildman–Crippen LogP) is 7.77. The number of fused-ring (bicyclic) bond motifs is 4. The van der Waals surface area contributed by atoms with Crippen LogP contribution < -0.4 is 4.90 Å². The van der Waals surface area contributed by atoms with E-state index in [4.69, 9.17) is 0 Å². The van der Waals surface area contributed by atoms with Crippen LogP contribution in [0, 0.1) is 0 Å². The molecule has 42 heavy (non-hydrogen) atoms. The van der Waals surface area contributed by atoms with Gasteiger partial charge in [0.05, 0.1) is 16.8 Å². The number of carbonyl (C=O) groups is 2. The highest BCUT2D eigenvalue weighted by Gasteiger charge is 2.43. The van der Waals surface area contributed by atoms with Crippen molar-refractivity contribution >= 4 is 17.5 Å². The number of nitrogens with zero attached hydrogens (tertiary/aromatic N) is 3. The lowest BCUT2D eigenvalue weighted by molar-refractivity contribution is 0.0926. The van der Waals surface area contributed by atoms with E-state index < -0.39 is 0 Å². The van der Waals surface area contributed by atoms with E-state index in [0.29, 0.717) is 16.8 Å². The summed E-state index contributed by atoms with van der Waals surface area (Å²) in [5, 5.41) is 0. The van der Waals surface area contributed by atoms with E-state index in [1.165, 1.54) is 4.90 Å². The maximum Gasteiger partial charge on any atom is 0.266 e. The number of benzene rings is 4. The van der Waals surface area contributed by atoms with Crippen LogP contribution in [0.2, 0.25) is 0 Å². The molecule has 1 aliphatic heterocycles. The Bertz CT molecular complexity index is 1930. The number of amides is 2. The van der Waals surface area contributed by atoms with Gasteiger partial charge in [0.25, 0.3) is 11.8 Å². The van der Waals surface area contributed by atoms with E-state index >= 15 is 0 Å². The van der Waals surface area contributed by atoms with Crippen LogP contribution in [0.4, 0.5) is 5.69 Å². The highest BCUT2D eigenvalue weighted by molar-refractivity contribution is 6.35. The largest absolute Gasteiger partial charge is 0.268 e. The van der Waals surface area contributed by atoms with E-state index in [1.54, 1.807) is 43.0 Å². The highest BCUT2D eigenvalue weighted by Crippen LogP contribution is 2.55. The molecule has 5 nitrogen and oxygen atoms in total. The quantitative estimate of drug-likeness (QED) is 0.214. The number of imide groups is 1. The summed E-state index contributed by atoms with van der Waals surface area (Å²) in [5.41, 5.74) is 11.0. The number of pyridine rings is 2. The number of para-hydroxylation sites is 1. The van der Waals surface area contributed by atoms with Gasteiger partial charge < -0.3 is 0 Å². The molecule has 5 heteroatoms. The molecule has 6 aromatic rings. The van der Waals surface area contributed by atoms with Crippen LogP contribution in [0.25, 0.3) is 33.4 Å². The maximum atomic E-state index is 14.2. The second kappa shape index (κ2) is 9.46.